The first-order valence-electron chi connectivity index (χ1n) is 8.47. The van der Waals surface area contributed by atoms with Crippen LogP contribution in [0.25, 0.3) is 27.9 Å². The summed E-state index contributed by atoms with van der Waals surface area (Å²) in [7, 11) is 0. The average molecular weight is 357 g/mol. The average Bonchev–Trinajstić information content (AvgIpc) is 3.32. The molecule has 0 spiro atoms. The zero-order chi connectivity index (χ0) is 18.4. The summed E-state index contributed by atoms with van der Waals surface area (Å²) in [5.41, 5.74) is 4.16. The van der Waals surface area contributed by atoms with E-state index in [1.54, 1.807) is 36.9 Å². The third kappa shape index (κ3) is 2.50. The summed E-state index contributed by atoms with van der Waals surface area (Å²) < 4.78 is 13.2. The Morgan fingerprint density at radius 3 is 2.85 bits per heavy atom. The van der Waals surface area contributed by atoms with Crippen molar-refractivity contribution in [2.75, 3.05) is 0 Å². The zero-order valence-corrected chi connectivity index (χ0v) is 14.5. The summed E-state index contributed by atoms with van der Waals surface area (Å²) in [5, 5.41) is 11.4. The molecular weight excluding hydrogens is 342 g/mol. The quantitative estimate of drug-likeness (QED) is 0.495. The van der Waals surface area contributed by atoms with Crippen LogP contribution in [0.4, 0.5) is 0 Å². The van der Waals surface area contributed by atoms with Crippen molar-refractivity contribution in [1.82, 2.24) is 14.4 Å². The predicted molar refractivity (Wildman–Crippen MR) is 101 cm³/mol. The van der Waals surface area contributed by atoms with Crippen LogP contribution in [0.15, 0.2) is 71.7 Å². The molecule has 4 heterocycles. The lowest BCUT2D eigenvalue weighted by Gasteiger charge is -2.13. The lowest BCUT2D eigenvalue weighted by atomic mass is 10.1. The van der Waals surface area contributed by atoms with E-state index in [0.717, 1.165) is 22.3 Å². The molecule has 5 rings (SSSR count). The monoisotopic (exact) mass is 357 g/mol. The molecule has 0 unspecified atom stereocenters. The number of hydrogen-bond donors (Lipinski definition) is 1. The van der Waals surface area contributed by atoms with E-state index in [1.165, 1.54) is 0 Å². The number of pyridine rings is 2. The van der Waals surface area contributed by atoms with Crippen LogP contribution in [-0.2, 0) is 0 Å². The van der Waals surface area contributed by atoms with E-state index in [0.29, 0.717) is 22.8 Å². The summed E-state index contributed by atoms with van der Waals surface area (Å²) in [6.07, 6.45) is 6.84. The second-order valence-electron chi connectivity index (χ2n) is 6.25. The molecule has 0 bridgehead atoms. The van der Waals surface area contributed by atoms with Gasteiger partial charge in [0.05, 0.1) is 17.3 Å². The van der Waals surface area contributed by atoms with Gasteiger partial charge in [-0.1, -0.05) is 6.07 Å². The first kappa shape index (κ1) is 15.5. The molecule has 0 saturated heterocycles. The van der Waals surface area contributed by atoms with E-state index in [1.807, 2.05) is 41.8 Å². The number of aromatic nitrogens is 3. The van der Waals surface area contributed by atoms with Gasteiger partial charge in [0.25, 0.3) is 0 Å². The van der Waals surface area contributed by atoms with Crippen LogP contribution >= 0.6 is 0 Å². The maximum atomic E-state index is 10.7. The molecule has 1 N–H and O–H groups in total. The molecule has 6 heteroatoms. The van der Waals surface area contributed by atoms with Crippen molar-refractivity contribution < 1.29 is 14.3 Å². The van der Waals surface area contributed by atoms with Gasteiger partial charge in [0.2, 0.25) is 5.88 Å². The van der Waals surface area contributed by atoms with E-state index in [2.05, 4.69) is 9.97 Å². The van der Waals surface area contributed by atoms with Crippen LogP contribution in [0.1, 0.15) is 5.56 Å². The van der Waals surface area contributed by atoms with E-state index in [9.17, 15) is 5.11 Å². The second-order valence-corrected chi connectivity index (χ2v) is 6.25. The normalized spacial score (nSPS) is 11.3. The Morgan fingerprint density at radius 1 is 1.04 bits per heavy atom. The molecule has 4 aromatic heterocycles. The number of fused-ring (bicyclic) bond motifs is 2. The molecule has 132 valence electrons. The number of aromatic hydroxyl groups is 1. The third-order valence-electron chi connectivity index (χ3n) is 4.55. The number of ether oxygens (including phenoxy) is 1. The summed E-state index contributed by atoms with van der Waals surface area (Å²) in [5.74, 6) is 1.05. The highest BCUT2D eigenvalue weighted by molar-refractivity contribution is 5.82. The van der Waals surface area contributed by atoms with Gasteiger partial charge in [-0.3, -0.25) is 4.40 Å². The van der Waals surface area contributed by atoms with Gasteiger partial charge in [0.1, 0.15) is 22.7 Å². The van der Waals surface area contributed by atoms with Gasteiger partial charge in [0, 0.05) is 30.2 Å². The van der Waals surface area contributed by atoms with Gasteiger partial charge >= 0.3 is 0 Å². The molecule has 0 saturated carbocycles. The fraction of sp³-hybridized carbons (Fsp3) is 0.0476. The molecule has 5 aromatic rings. The Bertz CT molecular complexity index is 1290. The smallest absolute Gasteiger partial charge is 0.230 e. The highest BCUT2D eigenvalue weighted by Crippen LogP contribution is 2.36. The van der Waals surface area contributed by atoms with Crippen LogP contribution in [0.3, 0.4) is 0 Å². The number of phenolic OH excluding ortho intramolecular Hbond substituents is 1. The Kier molecular flexibility index (Phi) is 3.36. The van der Waals surface area contributed by atoms with Crippen LogP contribution in [0, 0.1) is 6.92 Å². The zero-order valence-electron chi connectivity index (χ0n) is 14.5. The first-order chi connectivity index (χ1) is 13.2. The van der Waals surface area contributed by atoms with Crippen molar-refractivity contribution in [3.8, 4) is 28.6 Å². The maximum Gasteiger partial charge on any atom is 0.230 e. The van der Waals surface area contributed by atoms with E-state index in [-0.39, 0.29) is 5.75 Å². The highest BCUT2D eigenvalue weighted by Gasteiger charge is 2.14. The maximum absolute atomic E-state index is 10.7. The first-order valence-corrected chi connectivity index (χ1v) is 8.47. The molecule has 0 atom stereocenters. The van der Waals surface area contributed by atoms with Crippen LogP contribution in [0.5, 0.6) is 17.4 Å². The van der Waals surface area contributed by atoms with Gasteiger partial charge < -0.3 is 14.3 Å². The fourth-order valence-electron chi connectivity index (χ4n) is 3.28. The third-order valence-corrected chi connectivity index (χ3v) is 4.55. The molecule has 0 radical (unpaired) electrons. The Morgan fingerprint density at radius 2 is 1.96 bits per heavy atom. The van der Waals surface area contributed by atoms with Crippen LogP contribution in [0.2, 0.25) is 0 Å². The van der Waals surface area contributed by atoms with Gasteiger partial charge in [-0.25, -0.2) is 9.97 Å². The number of benzene rings is 1. The van der Waals surface area contributed by atoms with Crippen molar-refractivity contribution in [2.24, 2.45) is 0 Å². The van der Waals surface area contributed by atoms with Crippen LogP contribution in [-0.4, -0.2) is 19.5 Å². The number of aryl methyl sites for hydroxylation is 1. The minimum Gasteiger partial charge on any atom is -0.507 e. The SMILES string of the molecule is Cc1ccc2nccn2c1-c1ccc(Oc2nccc3occc23)cc1O. The molecule has 1 aromatic carbocycles. The number of rotatable bonds is 3. The standard InChI is InChI=1S/C21H15N3O3/c1-13-2-5-19-22-9-10-24(19)20(13)15-4-3-14(12-17(15)25)27-21-16-7-11-26-18(16)6-8-23-21/h2-12,25H,1H3. The summed E-state index contributed by atoms with van der Waals surface area (Å²) in [6.45, 7) is 2.00. The second kappa shape index (κ2) is 5.88. The van der Waals surface area contributed by atoms with Crippen molar-refractivity contribution in [3.05, 3.63) is 72.9 Å². The van der Waals surface area contributed by atoms with Crippen LogP contribution < -0.4 is 4.74 Å². The number of phenols is 1. The molecular formula is C21H15N3O3. The molecule has 0 aliphatic heterocycles. The predicted octanol–water partition coefficient (Wildman–Crippen LogP) is 4.95. The van der Waals surface area contributed by atoms with Gasteiger partial charge in [-0.05, 0) is 42.8 Å². The molecule has 0 aliphatic carbocycles. The Balaban J connectivity index is 1.57. The number of hydrogen-bond acceptors (Lipinski definition) is 5. The van der Waals surface area contributed by atoms with Crippen molar-refractivity contribution in [2.45, 2.75) is 6.92 Å². The number of imidazole rings is 1. The van der Waals surface area contributed by atoms with Crippen molar-refractivity contribution >= 4 is 16.6 Å². The lowest BCUT2D eigenvalue weighted by molar-refractivity contribution is 0.450. The molecule has 27 heavy (non-hydrogen) atoms. The molecule has 6 nitrogen and oxygen atoms in total. The van der Waals surface area contributed by atoms with Crippen molar-refractivity contribution in [1.29, 1.82) is 0 Å². The van der Waals surface area contributed by atoms with E-state index < -0.39 is 0 Å². The topological polar surface area (TPSA) is 72.8 Å². The van der Waals surface area contributed by atoms with E-state index in [4.69, 9.17) is 9.15 Å². The molecule has 0 amide bonds. The summed E-state index contributed by atoms with van der Waals surface area (Å²) in [6, 6.07) is 12.7. The minimum atomic E-state index is 0.121. The highest BCUT2D eigenvalue weighted by atomic mass is 16.5. The summed E-state index contributed by atoms with van der Waals surface area (Å²) >= 11 is 0. The van der Waals surface area contributed by atoms with E-state index >= 15 is 0 Å². The Hall–Kier alpha value is -3.80. The molecule has 0 aliphatic rings. The number of furan rings is 1. The van der Waals surface area contributed by atoms with Gasteiger partial charge in [-0.15, -0.1) is 0 Å². The molecule has 0 fully saturated rings. The van der Waals surface area contributed by atoms with Gasteiger partial charge in [-0.2, -0.15) is 0 Å². The fourth-order valence-corrected chi connectivity index (χ4v) is 3.28. The minimum absolute atomic E-state index is 0.121. The Labute approximate surface area is 154 Å². The van der Waals surface area contributed by atoms with Crippen molar-refractivity contribution in [3.63, 3.8) is 0 Å². The summed E-state index contributed by atoms with van der Waals surface area (Å²) in [4.78, 5) is 8.57. The number of nitrogens with zero attached hydrogens (tertiary/aromatic N) is 3. The van der Waals surface area contributed by atoms with Gasteiger partial charge in [0.15, 0.2) is 0 Å². The largest absolute Gasteiger partial charge is 0.507 e. The lowest BCUT2D eigenvalue weighted by Crippen LogP contribution is -1.95.